The molecule has 0 saturated carbocycles. The Labute approximate surface area is 114 Å². The van der Waals surface area contributed by atoms with Crippen molar-refractivity contribution in [3.05, 3.63) is 29.8 Å². The van der Waals surface area contributed by atoms with E-state index in [4.69, 9.17) is 9.84 Å². The lowest BCUT2D eigenvalue weighted by Gasteiger charge is -2.15. The summed E-state index contributed by atoms with van der Waals surface area (Å²) < 4.78 is 5.44. The standard InChI is InChI=1S/C15H23NO3/c1-3-12(9-10-17)11-16-15(18)13-7-5-6-8-14(13)19-4-2/h5-8,12,17H,3-4,9-11H2,1-2H3,(H,16,18). The third kappa shape index (κ3) is 4.91. The Bertz CT molecular complexity index is 393. The molecule has 0 aliphatic carbocycles. The molecule has 2 N–H and O–H groups in total. The van der Waals surface area contributed by atoms with Crippen LogP contribution in [0, 0.1) is 5.92 Å². The fourth-order valence-corrected chi connectivity index (χ4v) is 1.90. The number of aliphatic hydroxyl groups excluding tert-OH is 1. The highest BCUT2D eigenvalue weighted by Crippen LogP contribution is 2.18. The fourth-order valence-electron chi connectivity index (χ4n) is 1.90. The number of hydrogen-bond donors (Lipinski definition) is 2. The zero-order chi connectivity index (χ0) is 14.1. The number of aliphatic hydroxyl groups is 1. The van der Waals surface area contributed by atoms with E-state index in [2.05, 4.69) is 12.2 Å². The van der Waals surface area contributed by atoms with Crippen LogP contribution in [0.5, 0.6) is 5.75 Å². The van der Waals surface area contributed by atoms with E-state index in [0.29, 0.717) is 36.8 Å². The largest absolute Gasteiger partial charge is 0.493 e. The van der Waals surface area contributed by atoms with Gasteiger partial charge < -0.3 is 15.2 Å². The highest BCUT2D eigenvalue weighted by molar-refractivity contribution is 5.96. The highest BCUT2D eigenvalue weighted by atomic mass is 16.5. The van der Waals surface area contributed by atoms with Crippen molar-refractivity contribution in [2.24, 2.45) is 5.92 Å². The summed E-state index contributed by atoms with van der Waals surface area (Å²) in [4.78, 5) is 12.1. The molecule has 0 aromatic heterocycles. The van der Waals surface area contributed by atoms with Crippen molar-refractivity contribution in [2.75, 3.05) is 19.8 Å². The molecule has 0 aliphatic rings. The number of para-hydroxylation sites is 1. The maximum absolute atomic E-state index is 12.1. The Morgan fingerprint density at radius 2 is 2.11 bits per heavy atom. The maximum atomic E-state index is 12.1. The molecule has 1 unspecified atom stereocenters. The van der Waals surface area contributed by atoms with Crippen molar-refractivity contribution in [1.82, 2.24) is 5.32 Å². The summed E-state index contributed by atoms with van der Waals surface area (Å²) in [5.74, 6) is 0.798. The summed E-state index contributed by atoms with van der Waals surface area (Å²) in [5, 5.41) is 11.8. The van der Waals surface area contributed by atoms with Crippen LogP contribution >= 0.6 is 0 Å². The molecule has 4 heteroatoms. The fraction of sp³-hybridized carbons (Fsp3) is 0.533. The molecule has 1 rings (SSSR count). The monoisotopic (exact) mass is 265 g/mol. The van der Waals surface area contributed by atoms with Gasteiger partial charge in [0, 0.05) is 13.2 Å². The van der Waals surface area contributed by atoms with Gasteiger partial charge in [0.15, 0.2) is 0 Å². The molecule has 1 atom stereocenters. The van der Waals surface area contributed by atoms with Gasteiger partial charge in [0.2, 0.25) is 0 Å². The zero-order valence-corrected chi connectivity index (χ0v) is 11.7. The molecular formula is C15H23NO3. The minimum Gasteiger partial charge on any atom is -0.493 e. The van der Waals surface area contributed by atoms with Crippen LogP contribution in [0.25, 0.3) is 0 Å². The minimum atomic E-state index is -0.125. The molecule has 19 heavy (non-hydrogen) atoms. The van der Waals surface area contributed by atoms with Crippen LogP contribution in [0.2, 0.25) is 0 Å². The van der Waals surface area contributed by atoms with Crippen molar-refractivity contribution >= 4 is 5.91 Å². The highest BCUT2D eigenvalue weighted by Gasteiger charge is 2.13. The summed E-state index contributed by atoms with van der Waals surface area (Å²) in [6.07, 6.45) is 1.65. The van der Waals surface area contributed by atoms with Gasteiger partial charge in [-0.2, -0.15) is 0 Å². The quantitative estimate of drug-likeness (QED) is 0.757. The summed E-state index contributed by atoms with van der Waals surface area (Å²) in [6.45, 7) is 5.22. The molecule has 0 bridgehead atoms. The van der Waals surface area contributed by atoms with E-state index in [-0.39, 0.29) is 12.5 Å². The zero-order valence-electron chi connectivity index (χ0n) is 11.7. The Kier molecular flexibility index (Phi) is 6.97. The van der Waals surface area contributed by atoms with Gasteiger partial charge in [-0.25, -0.2) is 0 Å². The van der Waals surface area contributed by atoms with Crippen LogP contribution in [0.4, 0.5) is 0 Å². The van der Waals surface area contributed by atoms with Gasteiger partial charge in [0.05, 0.1) is 12.2 Å². The molecular weight excluding hydrogens is 242 g/mol. The molecule has 1 aromatic rings. The SMILES string of the molecule is CCOc1ccccc1C(=O)NCC(CC)CCO. The predicted octanol–water partition coefficient (Wildman–Crippen LogP) is 2.22. The molecule has 0 heterocycles. The second kappa shape index (κ2) is 8.53. The third-order valence-corrected chi connectivity index (χ3v) is 3.10. The van der Waals surface area contributed by atoms with Gasteiger partial charge in [-0.1, -0.05) is 25.5 Å². The number of amides is 1. The Balaban J connectivity index is 2.62. The normalized spacial score (nSPS) is 11.9. The molecule has 4 nitrogen and oxygen atoms in total. The Morgan fingerprint density at radius 1 is 1.37 bits per heavy atom. The topological polar surface area (TPSA) is 58.6 Å². The van der Waals surface area contributed by atoms with Crippen LogP contribution in [0.15, 0.2) is 24.3 Å². The first kappa shape index (κ1) is 15.5. The van der Waals surface area contributed by atoms with E-state index >= 15 is 0 Å². The number of nitrogens with one attached hydrogen (secondary N) is 1. The van der Waals surface area contributed by atoms with E-state index in [0.717, 1.165) is 6.42 Å². The lowest BCUT2D eigenvalue weighted by molar-refractivity contribution is 0.0939. The number of carbonyl (C=O) groups is 1. The molecule has 0 radical (unpaired) electrons. The van der Waals surface area contributed by atoms with Gasteiger partial charge in [-0.3, -0.25) is 4.79 Å². The average Bonchev–Trinajstić information content (AvgIpc) is 2.44. The van der Waals surface area contributed by atoms with Gasteiger partial charge in [0.25, 0.3) is 5.91 Å². The average molecular weight is 265 g/mol. The molecule has 1 aromatic carbocycles. The molecule has 0 spiro atoms. The summed E-state index contributed by atoms with van der Waals surface area (Å²) in [7, 11) is 0. The van der Waals surface area contributed by atoms with Gasteiger partial charge in [-0.05, 0) is 31.4 Å². The number of hydrogen-bond acceptors (Lipinski definition) is 3. The molecule has 0 saturated heterocycles. The third-order valence-electron chi connectivity index (χ3n) is 3.10. The van der Waals surface area contributed by atoms with Crippen LogP contribution in [-0.2, 0) is 0 Å². The van der Waals surface area contributed by atoms with E-state index in [1.54, 1.807) is 12.1 Å². The van der Waals surface area contributed by atoms with Crippen LogP contribution in [-0.4, -0.2) is 30.8 Å². The van der Waals surface area contributed by atoms with E-state index < -0.39 is 0 Å². The Morgan fingerprint density at radius 3 is 2.74 bits per heavy atom. The summed E-state index contributed by atoms with van der Waals surface area (Å²) in [6, 6.07) is 7.22. The summed E-state index contributed by atoms with van der Waals surface area (Å²) in [5.41, 5.74) is 0.559. The smallest absolute Gasteiger partial charge is 0.255 e. The van der Waals surface area contributed by atoms with Gasteiger partial charge in [-0.15, -0.1) is 0 Å². The number of benzene rings is 1. The van der Waals surface area contributed by atoms with Crippen LogP contribution < -0.4 is 10.1 Å². The first-order chi connectivity index (χ1) is 9.22. The van der Waals surface area contributed by atoms with Gasteiger partial charge >= 0.3 is 0 Å². The van der Waals surface area contributed by atoms with Crippen molar-refractivity contribution in [2.45, 2.75) is 26.7 Å². The number of rotatable bonds is 8. The van der Waals surface area contributed by atoms with Gasteiger partial charge in [0.1, 0.15) is 5.75 Å². The Hall–Kier alpha value is -1.55. The minimum absolute atomic E-state index is 0.125. The second-order valence-corrected chi connectivity index (χ2v) is 4.43. The van der Waals surface area contributed by atoms with E-state index in [9.17, 15) is 4.79 Å². The van der Waals surface area contributed by atoms with Crippen LogP contribution in [0.1, 0.15) is 37.0 Å². The maximum Gasteiger partial charge on any atom is 0.255 e. The van der Waals surface area contributed by atoms with Crippen molar-refractivity contribution < 1.29 is 14.6 Å². The lowest BCUT2D eigenvalue weighted by Crippen LogP contribution is -2.29. The molecule has 0 fully saturated rings. The van der Waals surface area contributed by atoms with Crippen molar-refractivity contribution in [3.63, 3.8) is 0 Å². The number of carbonyl (C=O) groups excluding carboxylic acids is 1. The van der Waals surface area contributed by atoms with Crippen LogP contribution in [0.3, 0.4) is 0 Å². The van der Waals surface area contributed by atoms with Crippen molar-refractivity contribution in [1.29, 1.82) is 0 Å². The molecule has 0 aliphatic heterocycles. The first-order valence-corrected chi connectivity index (χ1v) is 6.83. The van der Waals surface area contributed by atoms with E-state index in [1.165, 1.54) is 0 Å². The molecule has 106 valence electrons. The molecule has 1 amide bonds. The lowest BCUT2D eigenvalue weighted by atomic mass is 10.0. The predicted molar refractivity (Wildman–Crippen MR) is 75.4 cm³/mol. The second-order valence-electron chi connectivity index (χ2n) is 4.43. The number of ether oxygens (including phenoxy) is 1. The van der Waals surface area contributed by atoms with Crippen molar-refractivity contribution in [3.8, 4) is 5.75 Å². The first-order valence-electron chi connectivity index (χ1n) is 6.83. The van der Waals surface area contributed by atoms with E-state index in [1.807, 2.05) is 19.1 Å². The summed E-state index contributed by atoms with van der Waals surface area (Å²) >= 11 is 0.